The van der Waals surface area contributed by atoms with E-state index in [0.717, 1.165) is 10.1 Å². The minimum Gasteiger partial charge on any atom is -0.478 e. The lowest BCUT2D eigenvalue weighted by Gasteiger charge is -2.01. The third kappa shape index (κ3) is 1.83. The Morgan fingerprint density at radius 1 is 1.56 bits per heavy atom. The van der Waals surface area contributed by atoms with Gasteiger partial charge in [0, 0.05) is 10.1 Å². The van der Waals surface area contributed by atoms with Crippen molar-refractivity contribution in [2.45, 2.75) is 0 Å². The van der Waals surface area contributed by atoms with E-state index in [1.807, 2.05) is 24.3 Å². The molecule has 0 atom stereocenters. The van der Waals surface area contributed by atoms with Crippen LogP contribution in [-0.2, 0) is 0 Å². The summed E-state index contributed by atoms with van der Waals surface area (Å²) in [7, 11) is 0. The number of rotatable bonds is 3. The van der Waals surface area contributed by atoms with Gasteiger partial charge in [0.05, 0.1) is 4.88 Å². The number of benzene rings is 1. The third-order valence-corrected chi connectivity index (χ3v) is 3.21. The van der Waals surface area contributed by atoms with Gasteiger partial charge in [-0.1, -0.05) is 6.07 Å². The summed E-state index contributed by atoms with van der Waals surface area (Å²) >= 11 is 1.44. The molecule has 80 valence electrons. The van der Waals surface area contributed by atoms with Crippen LogP contribution in [0.5, 0.6) is 5.75 Å². The molecule has 0 bridgehead atoms. The Hall–Kier alpha value is -2.06. The summed E-state index contributed by atoms with van der Waals surface area (Å²) in [6.45, 7) is 0.0182. The Bertz CT molecular complexity index is 582. The van der Waals surface area contributed by atoms with E-state index >= 15 is 0 Å². The van der Waals surface area contributed by atoms with E-state index < -0.39 is 0 Å². The molecule has 0 spiro atoms. The van der Waals surface area contributed by atoms with Crippen molar-refractivity contribution in [3.63, 3.8) is 0 Å². The van der Waals surface area contributed by atoms with Crippen molar-refractivity contribution in [3.8, 4) is 11.8 Å². The van der Waals surface area contributed by atoms with Crippen LogP contribution >= 0.6 is 11.3 Å². The Labute approximate surface area is 96.4 Å². The molecule has 1 aromatic carbocycles. The fourth-order valence-corrected chi connectivity index (χ4v) is 2.34. The van der Waals surface area contributed by atoms with E-state index in [1.54, 1.807) is 6.07 Å². The monoisotopic (exact) mass is 231 g/mol. The van der Waals surface area contributed by atoms with Crippen LogP contribution in [0.15, 0.2) is 24.3 Å². The minimum absolute atomic E-state index is 0.0182. The highest BCUT2D eigenvalue weighted by Gasteiger charge is 2.08. The maximum Gasteiger partial charge on any atom is 0.174 e. The van der Waals surface area contributed by atoms with Crippen LogP contribution in [-0.4, -0.2) is 12.4 Å². The molecular weight excluding hydrogens is 222 g/mol. The number of hydrogen-bond donors (Lipinski definition) is 2. The van der Waals surface area contributed by atoms with Crippen molar-refractivity contribution in [1.82, 2.24) is 0 Å². The highest BCUT2D eigenvalue weighted by atomic mass is 32.1. The van der Waals surface area contributed by atoms with E-state index in [4.69, 9.17) is 21.1 Å². The first-order chi connectivity index (χ1) is 7.72. The number of hydrogen-bond acceptors (Lipinski definition) is 4. The van der Waals surface area contributed by atoms with Crippen LogP contribution in [0.2, 0.25) is 0 Å². The van der Waals surface area contributed by atoms with Crippen molar-refractivity contribution in [2.24, 2.45) is 5.73 Å². The summed E-state index contributed by atoms with van der Waals surface area (Å²) in [4.78, 5) is 0.711. The van der Waals surface area contributed by atoms with Crippen LogP contribution in [0, 0.1) is 16.7 Å². The number of nitriles is 1. The summed E-state index contributed by atoms with van der Waals surface area (Å²) in [6, 6.07) is 9.33. The smallest absolute Gasteiger partial charge is 0.174 e. The first-order valence-electron chi connectivity index (χ1n) is 4.59. The molecule has 0 unspecified atom stereocenters. The first-order valence-corrected chi connectivity index (χ1v) is 5.40. The minimum atomic E-state index is 0.0182. The fourth-order valence-electron chi connectivity index (χ4n) is 1.40. The third-order valence-electron chi connectivity index (χ3n) is 2.08. The molecule has 0 saturated heterocycles. The molecule has 3 N–H and O–H groups in total. The molecule has 5 heteroatoms. The van der Waals surface area contributed by atoms with E-state index in [2.05, 4.69) is 0 Å². The summed E-state index contributed by atoms with van der Waals surface area (Å²) < 4.78 is 6.30. The maximum absolute atomic E-state index is 8.47. The van der Waals surface area contributed by atoms with Crippen molar-refractivity contribution >= 4 is 27.3 Å². The summed E-state index contributed by atoms with van der Waals surface area (Å²) in [5, 5.41) is 16.7. The van der Waals surface area contributed by atoms with Crippen LogP contribution in [0.4, 0.5) is 0 Å². The highest BCUT2D eigenvalue weighted by molar-refractivity contribution is 7.20. The number of nitrogens with one attached hydrogen (secondary N) is 1. The Kier molecular flexibility index (Phi) is 2.75. The Balaban J connectivity index is 2.50. The van der Waals surface area contributed by atoms with Crippen molar-refractivity contribution in [3.05, 3.63) is 29.1 Å². The largest absolute Gasteiger partial charge is 0.478 e. The predicted octanol–water partition coefficient (Wildman–Crippen LogP) is 2.09. The fraction of sp³-hybridized carbons (Fsp3) is 0.0909. The van der Waals surface area contributed by atoms with Gasteiger partial charge in [0.2, 0.25) is 0 Å². The molecule has 0 amide bonds. The molecule has 0 saturated carbocycles. The normalized spacial score (nSPS) is 9.94. The van der Waals surface area contributed by atoms with Gasteiger partial charge in [-0.3, -0.25) is 5.41 Å². The Morgan fingerprint density at radius 3 is 3.06 bits per heavy atom. The number of thiophene rings is 1. The number of ether oxygens (including phenoxy) is 1. The number of fused-ring (bicyclic) bond motifs is 1. The van der Waals surface area contributed by atoms with Crippen LogP contribution < -0.4 is 10.5 Å². The van der Waals surface area contributed by atoms with Crippen molar-refractivity contribution in [1.29, 1.82) is 10.7 Å². The van der Waals surface area contributed by atoms with E-state index in [1.165, 1.54) is 11.3 Å². The zero-order chi connectivity index (χ0) is 11.5. The van der Waals surface area contributed by atoms with Gasteiger partial charge >= 0.3 is 0 Å². The van der Waals surface area contributed by atoms with Gasteiger partial charge in [0.1, 0.15) is 17.7 Å². The molecule has 0 radical (unpaired) electrons. The number of amidine groups is 1. The SMILES string of the molecule is N#CCOc1cccc2sc(C(=N)N)cc12. The van der Waals surface area contributed by atoms with Gasteiger partial charge in [-0.2, -0.15) is 5.26 Å². The average molecular weight is 231 g/mol. The van der Waals surface area contributed by atoms with Crippen LogP contribution in [0.3, 0.4) is 0 Å². The van der Waals surface area contributed by atoms with Gasteiger partial charge in [0.25, 0.3) is 0 Å². The topological polar surface area (TPSA) is 82.9 Å². The lowest BCUT2D eigenvalue weighted by Crippen LogP contribution is -2.08. The molecule has 1 aromatic heterocycles. The first kappa shape index (κ1) is 10.5. The van der Waals surface area contributed by atoms with Crippen LogP contribution in [0.1, 0.15) is 4.88 Å². The molecule has 0 aliphatic heterocycles. The summed E-state index contributed by atoms with van der Waals surface area (Å²) in [6.07, 6.45) is 0. The molecule has 2 rings (SSSR count). The van der Waals surface area contributed by atoms with Gasteiger partial charge in [0.15, 0.2) is 6.61 Å². The standard InChI is InChI=1S/C11H9N3OS/c12-4-5-15-8-2-1-3-9-7(8)6-10(16-9)11(13)14/h1-3,6H,5H2,(H3,13,14). The van der Waals surface area contributed by atoms with Gasteiger partial charge in [-0.15, -0.1) is 11.3 Å². The molecule has 0 fully saturated rings. The number of nitrogens with two attached hydrogens (primary N) is 1. The van der Waals surface area contributed by atoms with Crippen molar-refractivity contribution in [2.75, 3.05) is 6.61 Å². The number of nitrogens with zero attached hydrogens (tertiary/aromatic N) is 1. The molecular formula is C11H9N3OS. The van der Waals surface area contributed by atoms with Crippen molar-refractivity contribution < 1.29 is 4.74 Å². The summed E-state index contributed by atoms with van der Waals surface area (Å²) in [5.41, 5.74) is 5.43. The van der Waals surface area contributed by atoms with Crippen LogP contribution in [0.25, 0.3) is 10.1 Å². The quantitative estimate of drug-likeness (QED) is 0.626. The molecule has 1 heterocycles. The second-order valence-corrected chi connectivity index (χ2v) is 4.22. The second-order valence-electron chi connectivity index (χ2n) is 3.14. The number of nitrogen functional groups attached to an aromatic ring is 1. The average Bonchev–Trinajstić information content (AvgIpc) is 2.70. The molecule has 0 aliphatic rings. The highest BCUT2D eigenvalue weighted by Crippen LogP contribution is 2.32. The molecule has 0 aliphatic carbocycles. The second kappa shape index (κ2) is 4.21. The van der Waals surface area contributed by atoms with Gasteiger partial charge < -0.3 is 10.5 Å². The van der Waals surface area contributed by atoms with E-state index in [-0.39, 0.29) is 12.4 Å². The Morgan fingerprint density at radius 2 is 2.38 bits per heavy atom. The van der Waals surface area contributed by atoms with Gasteiger partial charge in [-0.05, 0) is 18.2 Å². The summed E-state index contributed by atoms with van der Waals surface area (Å²) in [5.74, 6) is 0.704. The van der Waals surface area contributed by atoms with Gasteiger partial charge in [-0.25, -0.2) is 0 Å². The molecule has 2 aromatic rings. The lowest BCUT2D eigenvalue weighted by molar-refractivity contribution is 0.372. The molecule has 4 nitrogen and oxygen atoms in total. The molecule has 16 heavy (non-hydrogen) atoms. The predicted molar refractivity (Wildman–Crippen MR) is 63.9 cm³/mol. The zero-order valence-corrected chi connectivity index (χ0v) is 9.17. The van der Waals surface area contributed by atoms with E-state index in [0.29, 0.717) is 10.6 Å². The zero-order valence-electron chi connectivity index (χ0n) is 8.36. The maximum atomic E-state index is 8.47. The van der Waals surface area contributed by atoms with E-state index in [9.17, 15) is 0 Å². The lowest BCUT2D eigenvalue weighted by atomic mass is 10.2.